The van der Waals surface area contributed by atoms with E-state index in [-0.39, 0.29) is 17.7 Å². The van der Waals surface area contributed by atoms with Crippen molar-refractivity contribution in [1.29, 1.82) is 0 Å². The summed E-state index contributed by atoms with van der Waals surface area (Å²) >= 11 is 0. The Labute approximate surface area is 92.6 Å². The maximum absolute atomic E-state index is 11.6. The highest BCUT2D eigenvalue weighted by Crippen LogP contribution is 2.03. The second-order valence-electron chi connectivity index (χ2n) is 3.85. The number of rotatable bonds is 8. The van der Waals surface area contributed by atoms with Crippen molar-refractivity contribution >= 4 is 10.0 Å². The molecule has 0 spiro atoms. The maximum Gasteiger partial charge on any atom is 0.213 e. The van der Waals surface area contributed by atoms with Gasteiger partial charge in [0.2, 0.25) is 10.0 Å². The van der Waals surface area contributed by atoms with E-state index in [1.807, 2.05) is 13.8 Å². The van der Waals surface area contributed by atoms with Crippen LogP contribution < -0.4 is 10.0 Å². The molecule has 15 heavy (non-hydrogen) atoms. The van der Waals surface area contributed by atoms with Gasteiger partial charge in [-0.1, -0.05) is 13.8 Å². The number of methoxy groups -OCH3 is 1. The molecule has 0 amide bonds. The molecule has 1 unspecified atom stereocenters. The van der Waals surface area contributed by atoms with Gasteiger partial charge in [0.1, 0.15) is 0 Å². The zero-order valence-corrected chi connectivity index (χ0v) is 10.7. The predicted octanol–water partition coefficient (Wildman–Crippen LogP) is -0.204. The minimum Gasteiger partial charge on any atom is -0.383 e. The second-order valence-corrected chi connectivity index (χ2v) is 5.72. The first-order chi connectivity index (χ1) is 6.93. The van der Waals surface area contributed by atoms with Crippen LogP contribution in [0.3, 0.4) is 0 Å². The highest BCUT2D eigenvalue weighted by atomic mass is 32.2. The Kier molecular flexibility index (Phi) is 7.08. The maximum atomic E-state index is 11.6. The van der Waals surface area contributed by atoms with Gasteiger partial charge in [0.25, 0.3) is 0 Å². The van der Waals surface area contributed by atoms with Crippen molar-refractivity contribution < 1.29 is 13.2 Å². The first-order valence-corrected chi connectivity index (χ1v) is 6.71. The van der Waals surface area contributed by atoms with E-state index >= 15 is 0 Å². The molecule has 0 aromatic heterocycles. The summed E-state index contributed by atoms with van der Waals surface area (Å²) in [5, 5.41) is 2.81. The topological polar surface area (TPSA) is 67.4 Å². The molecule has 0 heterocycles. The Morgan fingerprint density at radius 3 is 2.33 bits per heavy atom. The molecule has 6 heteroatoms. The molecule has 2 N–H and O–H groups in total. The molecule has 0 fully saturated rings. The van der Waals surface area contributed by atoms with Gasteiger partial charge in [-0.2, -0.15) is 0 Å². The molecule has 5 nitrogen and oxygen atoms in total. The molecule has 0 rings (SSSR count). The van der Waals surface area contributed by atoms with Crippen molar-refractivity contribution in [3.05, 3.63) is 0 Å². The van der Waals surface area contributed by atoms with Crippen LogP contribution in [0.25, 0.3) is 0 Å². The average molecular weight is 238 g/mol. The van der Waals surface area contributed by atoms with Gasteiger partial charge in [0, 0.05) is 19.7 Å². The van der Waals surface area contributed by atoms with Gasteiger partial charge < -0.3 is 10.1 Å². The summed E-state index contributed by atoms with van der Waals surface area (Å²) in [6.45, 7) is 4.78. The third-order valence-electron chi connectivity index (χ3n) is 2.10. The van der Waals surface area contributed by atoms with E-state index in [9.17, 15) is 8.42 Å². The minimum absolute atomic E-state index is 0.0937. The van der Waals surface area contributed by atoms with Crippen LogP contribution >= 0.6 is 0 Å². The molecule has 0 saturated heterocycles. The first-order valence-electron chi connectivity index (χ1n) is 5.06. The van der Waals surface area contributed by atoms with Gasteiger partial charge >= 0.3 is 0 Å². The van der Waals surface area contributed by atoms with Crippen LogP contribution in [0, 0.1) is 5.92 Å². The number of ether oxygens (including phenoxy) is 1. The van der Waals surface area contributed by atoms with Crippen molar-refractivity contribution in [2.24, 2.45) is 5.92 Å². The molecule has 0 aromatic carbocycles. The Balaban J connectivity index is 4.25. The van der Waals surface area contributed by atoms with Crippen LogP contribution in [0.15, 0.2) is 0 Å². The lowest BCUT2D eigenvalue weighted by molar-refractivity contribution is 0.157. The van der Waals surface area contributed by atoms with E-state index in [0.717, 1.165) is 0 Å². The zero-order chi connectivity index (χ0) is 11.9. The van der Waals surface area contributed by atoms with Gasteiger partial charge in [-0.3, -0.25) is 0 Å². The number of hydrogen-bond donors (Lipinski definition) is 2. The normalized spacial score (nSPS) is 14.5. The van der Waals surface area contributed by atoms with Crippen LogP contribution in [0.5, 0.6) is 0 Å². The van der Waals surface area contributed by atoms with E-state index in [4.69, 9.17) is 4.74 Å². The number of sulfonamides is 1. The van der Waals surface area contributed by atoms with Crippen molar-refractivity contribution in [3.63, 3.8) is 0 Å². The predicted molar refractivity (Wildman–Crippen MR) is 61.4 cm³/mol. The van der Waals surface area contributed by atoms with Gasteiger partial charge in [-0.25, -0.2) is 13.1 Å². The molecule has 1 atom stereocenters. The summed E-state index contributed by atoms with van der Waals surface area (Å²) in [4.78, 5) is 0. The monoisotopic (exact) mass is 238 g/mol. The highest BCUT2D eigenvalue weighted by molar-refractivity contribution is 7.89. The summed E-state index contributed by atoms with van der Waals surface area (Å²) in [7, 11) is 0.0909. The van der Waals surface area contributed by atoms with E-state index in [2.05, 4.69) is 10.0 Å². The van der Waals surface area contributed by atoms with Gasteiger partial charge in [0.15, 0.2) is 0 Å². The molecule has 0 radical (unpaired) electrons. The van der Waals surface area contributed by atoms with E-state index in [1.54, 1.807) is 14.2 Å². The van der Waals surface area contributed by atoms with Crippen molar-refractivity contribution in [2.45, 2.75) is 19.9 Å². The molecule has 0 saturated carbocycles. The van der Waals surface area contributed by atoms with Gasteiger partial charge in [0.05, 0.1) is 12.4 Å². The van der Waals surface area contributed by atoms with Crippen LogP contribution in [0.1, 0.15) is 13.8 Å². The third kappa shape index (κ3) is 6.83. The number of nitrogens with one attached hydrogen (secondary N) is 2. The third-order valence-corrected chi connectivity index (χ3v) is 3.51. The SMILES string of the molecule is CNCCS(=O)(=O)NC(COC)C(C)C. The first kappa shape index (κ1) is 14.8. The summed E-state index contributed by atoms with van der Waals surface area (Å²) < 4.78 is 30.8. The summed E-state index contributed by atoms with van der Waals surface area (Å²) in [6, 6.07) is -0.156. The Hall–Kier alpha value is -0.170. The smallest absolute Gasteiger partial charge is 0.213 e. The lowest BCUT2D eigenvalue weighted by atomic mass is 10.1. The Morgan fingerprint density at radius 2 is 1.93 bits per heavy atom. The van der Waals surface area contributed by atoms with E-state index in [0.29, 0.717) is 13.2 Å². The summed E-state index contributed by atoms with van der Waals surface area (Å²) in [5.74, 6) is 0.311. The van der Waals surface area contributed by atoms with Crippen molar-refractivity contribution in [2.75, 3.05) is 33.1 Å². The quantitative estimate of drug-likeness (QED) is 0.614. The molecule has 0 aliphatic rings. The molecule has 0 aromatic rings. The van der Waals surface area contributed by atoms with Crippen molar-refractivity contribution in [1.82, 2.24) is 10.0 Å². The van der Waals surface area contributed by atoms with Crippen molar-refractivity contribution in [3.8, 4) is 0 Å². The van der Waals surface area contributed by atoms with E-state index in [1.165, 1.54) is 0 Å². The molecular formula is C9H22N2O3S. The fraction of sp³-hybridized carbons (Fsp3) is 1.00. The fourth-order valence-corrected chi connectivity index (χ4v) is 2.46. The van der Waals surface area contributed by atoms with Crippen LogP contribution in [-0.2, 0) is 14.8 Å². The average Bonchev–Trinajstić information content (AvgIpc) is 2.14. The second kappa shape index (κ2) is 7.16. The molecule has 92 valence electrons. The van der Waals surface area contributed by atoms with E-state index < -0.39 is 10.0 Å². The molecule has 0 bridgehead atoms. The van der Waals surface area contributed by atoms with Crippen LogP contribution in [-0.4, -0.2) is 47.5 Å². The number of hydrogen-bond acceptors (Lipinski definition) is 4. The lowest BCUT2D eigenvalue weighted by Gasteiger charge is -2.21. The fourth-order valence-electron chi connectivity index (χ4n) is 1.07. The van der Waals surface area contributed by atoms with Crippen LogP contribution in [0.2, 0.25) is 0 Å². The Morgan fingerprint density at radius 1 is 1.33 bits per heavy atom. The molecule has 0 aliphatic carbocycles. The lowest BCUT2D eigenvalue weighted by Crippen LogP contribution is -2.43. The Bertz CT molecular complexity index is 252. The zero-order valence-electron chi connectivity index (χ0n) is 9.91. The largest absolute Gasteiger partial charge is 0.383 e. The summed E-state index contributed by atoms with van der Waals surface area (Å²) in [5.41, 5.74) is 0. The highest BCUT2D eigenvalue weighted by Gasteiger charge is 2.19. The minimum atomic E-state index is -3.20. The summed E-state index contributed by atoms with van der Waals surface area (Å²) in [6.07, 6.45) is 0. The standard InChI is InChI=1S/C9H22N2O3S/c1-8(2)9(7-14-4)11-15(12,13)6-5-10-3/h8-11H,5-7H2,1-4H3. The van der Waals surface area contributed by atoms with Gasteiger partial charge in [-0.05, 0) is 13.0 Å². The van der Waals surface area contributed by atoms with Crippen LogP contribution in [0.4, 0.5) is 0 Å². The van der Waals surface area contributed by atoms with Gasteiger partial charge in [-0.15, -0.1) is 0 Å². The molecular weight excluding hydrogens is 216 g/mol. The molecule has 0 aliphatic heterocycles.